The summed E-state index contributed by atoms with van der Waals surface area (Å²) < 4.78 is 0. The van der Waals surface area contributed by atoms with Crippen LogP contribution < -0.4 is 31.1 Å². The predicted molar refractivity (Wildman–Crippen MR) is 429 cm³/mol. The summed E-state index contributed by atoms with van der Waals surface area (Å²) in [6.07, 6.45) is 0. The van der Waals surface area contributed by atoms with Gasteiger partial charge in [-0.25, -0.2) is 0 Å². The molecule has 0 atom stereocenters. The van der Waals surface area contributed by atoms with Crippen LogP contribution in [0.3, 0.4) is 0 Å². The summed E-state index contributed by atoms with van der Waals surface area (Å²) in [4.78, 5) is 7.66. The molecule has 18 rings (SSSR count). The van der Waals surface area contributed by atoms with Crippen molar-refractivity contribution in [2.24, 2.45) is 0 Å². The molecule has 0 fully saturated rings. The molecule has 0 unspecified atom stereocenters. The zero-order valence-corrected chi connectivity index (χ0v) is 57.3. The lowest BCUT2D eigenvalue weighted by Crippen LogP contribution is -2.61. The van der Waals surface area contributed by atoms with E-state index in [4.69, 9.17) is 0 Å². The van der Waals surface area contributed by atoms with E-state index in [0.717, 1.165) is 67.9 Å². The van der Waals surface area contributed by atoms with Gasteiger partial charge in [-0.1, -0.05) is 296 Å². The number of anilines is 9. The van der Waals surface area contributed by atoms with E-state index < -0.39 is 0 Å². The first-order chi connectivity index (χ1) is 48.8. The minimum Gasteiger partial charge on any atom is -0.311 e. The number of hydrogen-bond acceptors (Lipinski definition) is 3. The van der Waals surface area contributed by atoms with Gasteiger partial charge in [0.25, 0.3) is 6.71 Å². The number of fused-ring (bicyclic) bond motifs is 4. The van der Waals surface area contributed by atoms with E-state index in [2.05, 4.69) is 396 Å². The van der Waals surface area contributed by atoms with Crippen LogP contribution in [-0.4, -0.2) is 6.71 Å². The molecular formula is C96H74BN3. The van der Waals surface area contributed by atoms with Gasteiger partial charge < -0.3 is 14.7 Å². The predicted octanol–water partition coefficient (Wildman–Crippen LogP) is 24.7. The van der Waals surface area contributed by atoms with Crippen molar-refractivity contribution in [3.05, 3.63) is 351 Å². The molecule has 2 heterocycles. The van der Waals surface area contributed by atoms with Crippen molar-refractivity contribution in [1.29, 1.82) is 0 Å². The maximum Gasteiger partial charge on any atom is 0.252 e. The molecule has 4 heteroatoms. The molecule has 16 aromatic carbocycles. The summed E-state index contributed by atoms with van der Waals surface area (Å²) in [5, 5.41) is 7.77. The second kappa shape index (κ2) is 23.9. The Morgan fingerprint density at radius 1 is 0.260 bits per heavy atom. The maximum absolute atomic E-state index is 2.61. The number of rotatable bonds is 11. The summed E-state index contributed by atoms with van der Waals surface area (Å²) in [6.45, 7) is 13.9. The molecule has 476 valence electrons. The van der Waals surface area contributed by atoms with Crippen LogP contribution in [0.4, 0.5) is 51.2 Å². The number of benzene rings is 16. The van der Waals surface area contributed by atoms with Crippen LogP contribution in [0.2, 0.25) is 0 Å². The first-order valence-electron chi connectivity index (χ1n) is 35.1. The van der Waals surface area contributed by atoms with Gasteiger partial charge in [0.15, 0.2) is 0 Å². The Hall–Kier alpha value is -12.0. The van der Waals surface area contributed by atoms with Crippen molar-refractivity contribution in [2.45, 2.75) is 52.4 Å². The van der Waals surface area contributed by atoms with E-state index in [0.29, 0.717) is 0 Å². The average Bonchev–Trinajstić information content (AvgIpc) is 0.685. The molecule has 0 aliphatic carbocycles. The number of nitrogens with zero attached hydrogens (tertiary/aromatic N) is 3. The molecule has 0 N–H and O–H groups in total. The Morgan fingerprint density at radius 3 is 1.02 bits per heavy atom. The molecule has 0 saturated heterocycles. The van der Waals surface area contributed by atoms with Crippen molar-refractivity contribution in [3.8, 4) is 66.8 Å². The summed E-state index contributed by atoms with van der Waals surface area (Å²) in [5.74, 6) is 0. The lowest BCUT2D eigenvalue weighted by molar-refractivity contribution is 0.591. The third-order valence-corrected chi connectivity index (χ3v) is 21.0. The van der Waals surface area contributed by atoms with Crippen molar-refractivity contribution in [3.63, 3.8) is 0 Å². The van der Waals surface area contributed by atoms with Crippen molar-refractivity contribution < 1.29 is 0 Å². The topological polar surface area (TPSA) is 9.72 Å². The van der Waals surface area contributed by atoms with E-state index in [-0.39, 0.29) is 17.5 Å². The maximum atomic E-state index is 2.61. The summed E-state index contributed by atoms with van der Waals surface area (Å²) in [5.41, 5.74) is 30.2. The summed E-state index contributed by atoms with van der Waals surface area (Å²) >= 11 is 0. The zero-order chi connectivity index (χ0) is 67.4. The van der Waals surface area contributed by atoms with E-state index in [1.54, 1.807) is 0 Å². The highest BCUT2D eigenvalue weighted by atomic mass is 15.2. The zero-order valence-electron chi connectivity index (χ0n) is 57.3. The van der Waals surface area contributed by atoms with Gasteiger partial charge in [-0.2, -0.15) is 0 Å². The minimum atomic E-state index is -0.175. The molecule has 0 saturated carbocycles. The van der Waals surface area contributed by atoms with Gasteiger partial charge >= 0.3 is 0 Å². The molecule has 2 aliphatic heterocycles. The fourth-order valence-electron chi connectivity index (χ4n) is 15.8. The van der Waals surface area contributed by atoms with Crippen LogP contribution in [0, 0.1) is 0 Å². The smallest absolute Gasteiger partial charge is 0.252 e. The van der Waals surface area contributed by atoms with Gasteiger partial charge in [0.2, 0.25) is 0 Å². The molecule has 2 aliphatic rings. The first kappa shape index (κ1) is 60.4. The monoisotopic (exact) mass is 1280 g/mol. The summed E-state index contributed by atoms with van der Waals surface area (Å²) in [6, 6.07) is 128. The Kier molecular flexibility index (Phi) is 14.5. The number of hydrogen-bond donors (Lipinski definition) is 0. The first-order valence-corrected chi connectivity index (χ1v) is 35.1. The lowest BCUT2D eigenvalue weighted by Gasteiger charge is -2.45. The minimum absolute atomic E-state index is 0.0519. The van der Waals surface area contributed by atoms with E-state index >= 15 is 0 Å². The van der Waals surface area contributed by atoms with Gasteiger partial charge in [0, 0.05) is 45.5 Å². The molecule has 0 aromatic heterocycles. The van der Waals surface area contributed by atoms with E-state index in [9.17, 15) is 0 Å². The third kappa shape index (κ3) is 10.5. The Balaban J connectivity index is 0.942. The molecule has 0 spiro atoms. The molecule has 0 bridgehead atoms. The van der Waals surface area contributed by atoms with Gasteiger partial charge in [-0.05, 0) is 222 Å². The largest absolute Gasteiger partial charge is 0.311 e. The van der Waals surface area contributed by atoms with Crippen LogP contribution in [0.25, 0.3) is 99.1 Å². The molecule has 3 nitrogen and oxygen atoms in total. The molecule has 100 heavy (non-hydrogen) atoms. The van der Waals surface area contributed by atoms with Gasteiger partial charge in [-0.15, -0.1) is 0 Å². The van der Waals surface area contributed by atoms with Crippen molar-refractivity contribution in [2.75, 3.05) is 14.7 Å². The SMILES string of the molecule is CC(C)(C)c1cc2ccc3cc(C(C)(C)C)cc4c(-c5ccc6c(c5)N(c5ccc(-c7ccccc7)cc5)c5cc(N(c7ccc(-c8ccccc8)cc7)c7ccc(-c8ccccc8)cc7)cc7c5B6c5ccc(-c6ccccc6)cc5N7c5ccc(-c6ccccc6)cc5)cc(c1)c2c34. The highest BCUT2D eigenvalue weighted by Crippen LogP contribution is 2.52. The standard InChI is InChI=1S/C96H74BN3/c1-95(2,3)77-54-74-32-33-75-55-78(96(4,5)6)60-85-84(57-76(56-77)92(74)93(75)85)73-43-53-87-89(59-73)100(82-50-40-71(41-51-82)66-28-18-10-19-29-66)91-62-83(98(79-44-34-68(35-45-79)63-22-12-7-13-23-63)80-46-36-69(37-47-80)64-24-14-8-15-25-64)61-90-94(91)97(87)86-52-42-72(67-30-20-11-21-31-67)58-88(86)99(90)81-48-38-70(39-49-81)65-26-16-9-17-27-65/h7-62H,1-6H3. The van der Waals surface area contributed by atoms with Crippen molar-refractivity contribution in [1.82, 2.24) is 0 Å². The molecular weight excluding hydrogens is 1210 g/mol. The summed E-state index contributed by atoms with van der Waals surface area (Å²) in [7, 11) is 0. The normalized spacial score (nSPS) is 12.6. The Labute approximate surface area is 587 Å². The lowest BCUT2D eigenvalue weighted by atomic mass is 9.33. The van der Waals surface area contributed by atoms with Gasteiger partial charge in [0.05, 0.1) is 5.69 Å². The highest BCUT2D eigenvalue weighted by molar-refractivity contribution is 7.00. The Morgan fingerprint density at radius 2 is 0.600 bits per heavy atom. The molecule has 0 amide bonds. The van der Waals surface area contributed by atoms with Crippen molar-refractivity contribution >= 4 is 107 Å². The molecule has 16 aromatic rings. The van der Waals surface area contributed by atoms with Crippen LogP contribution in [0.1, 0.15) is 52.7 Å². The van der Waals surface area contributed by atoms with E-state index in [1.165, 1.54) is 110 Å². The van der Waals surface area contributed by atoms with Crippen LogP contribution in [0.5, 0.6) is 0 Å². The van der Waals surface area contributed by atoms with Gasteiger partial charge in [-0.3, -0.25) is 0 Å². The third-order valence-electron chi connectivity index (χ3n) is 21.0. The Bertz CT molecular complexity index is 5660. The van der Waals surface area contributed by atoms with Gasteiger partial charge in [0.1, 0.15) is 0 Å². The molecule has 0 radical (unpaired) electrons. The second-order valence-corrected chi connectivity index (χ2v) is 29.3. The highest BCUT2D eigenvalue weighted by Gasteiger charge is 2.45. The van der Waals surface area contributed by atoms with Crippen LogP contribution in [0.15, 0.2) is 340 Å². The van der Waals surface area contributed by atoms with Crippen LogP contribution >= 0.6 is 0 Å². The average molecular weight is 1280 g/mol. The fraction of sp³-hybridized carbons (Fsp3) is 0.0833. The quantitative estimate of drug-likeness (QED) is 0.0944. The van der Waals surface area contributed by atoms with E-state index in [1.807, 2.05) is 0 Å². The van der Waals surface area contributed by atoms with Crippen LogP contribution in [-0.2, 0) is 10.8 Å². The fourth-order valence-corrected chi connectivity index (χ4v) is 15.8. The second-order valence-electron chi connectivity index (χ2n) is 29.3.